The van der Waals surface area contributed by atoms with Crippen LogP contribution in [0.1, 0.15) is 31.9 Å². The fraction of sp³-hybridized carbons (Fsp3) is 0.500. The highest BCUT2D eigenvalue weighted by Crippen LogP contribution is 2.31. The van der Waals surface area contributed by atoms with Gasteiger partial charge in [0.1, 0.15) is 0 Å². The Bertz CT molecular complexity index is 465. The average molecular weight is 226 g/mol. The molecule has 0 saturated heterocycles. The van der Waals surface area contributed by atoms with Crippen LogP contribution in [0, 0.1) is 6.92 Å². The van der Waals surface area contributed by atoms with Crippen LogP contribution in [0.2, 0.25) is 0 Å². The van der Waals surface area contributed by atoms with E-state index < -0.39 is 9.84 Å². The highest BCUT2D eigenvalue weighted by Gasteiger charge is 2.24. The van der Waals surface area contributed by atoms with E-state index in [0.29, 0.717) is 4.90 Å². The van der Waals surface area contributed by atoms with Crippen molar-refractivity contribution in [3.8, 4) is 0 Å². The molecule has 0 spiro atoms. The number of sulfone groups is 1. The van der Waals surface area contributed by atoms with Gasteiger partial charge in [0.15, 0.2) is 9.84 Å². The molecule has 0 aliphatic heterocycles. The van der Waals surface area contributed by atoms with Crippen molar-refractivity contribution in [2.75, 3.05) is 6.26 Å². The smallest absolute Gasteiger partial charge is 0.175 e. The van der Waals surface area contributed by atoms with Crippen molar-refractivity contribution in [2.45, 2.75) is 38.0 Å². The van der Waals surface area contributed by atoms with Crippen LogP contribution < -0.4 is 0 Å². The van der Waals surface area contributed by atoms with Crippen LogP contribution >= 0.6 is 0 Å². The van der Waals surface area contributed by atoms with Gasteiger partial charge in [-0.25, -0.2) is 8.42 Å². The molecule has 2 nitrogen and oxygen atoms in total. The van der Waals surface area contributed by atoms with Gasteiger partial charge in [-0.2, -0.15) is 0 Å². The minimum atomic E-state index is -3.14. The van der Waals surface area contributed by atoms with Crippen LogP contribution in [0.5, 0.6) is 0 Å². The van der Waals surface area contributed by atoms with E-state index >= 15 is 0 Å². The van der Waals surface area contributed by atoms with Gasteiger partial charge < -0.3 is 0 Å². The molecule has 1 aromatic rings. The minimum absolute atomic E-state index is 0.149. The lowest BCUT2D eigenvalue weighted by atomic mass is 9.84. The Labute approximate surface area is 92.2 Å². The number of rotatable bonds is 1. The molecule has 3 heteroatoms. The summed E-state index contributed by atoms with van der Waals surface area (Å²) in [4.78, 5) is 0.454. The topological polar surface area (TPSA) is 34.1 Å². The van der Waals surface area contributed by atoms with Gasteiger partial charge in [-0.1, -0.05) is 32.9 Å². The maximum absolute atomic E-state index is 11.7. The maximum Gasteiger partial charge on any atom is 0.175 e. The summed E-state index contributed by atoms with van der Waals surface area (Å²) in [6, 6.07) is 5.43. The van der Waals surface area contributed by atoms with Gasteiger partial charge in [0.25, 0.3) is 0 Å². The summed E-state index contributed by atoms with van der Waals surface area (Å²) in [7, 11) is -3.14. The first-order chi connectivity index (χ1) is 6.64. The first-order valence-corrected chi connectivity index (χ1v) is 6.83. The molecule has 0 unspecified atom stereocenters. The monoisotopic (exact) mass is 226 g/mol. The highest BCUT2D eigenvalue weighted by molar-refractivity contribution is 7.90. The normalized spacial score (nSPS) is 12.9. The number of benzene rings is 1. The molecule has 0 atom stereocenters. The summed E-state index contributed by atoms with van der Waals surface area (Å²) in [5.41, 5.74) is 1.81. The fourth-order valence-electron chi connectivity index (χ4n) is 1.91. The second-order valence-corrected chi connectivity index (χ2v) is 6.95. The third-order valence-corrected chi connectivity index (χ3v) is 3.52. The molecule has 0 aromatic heterocycles. The SMILES string of the molecule is Cc1cccc(S(C)(=O)=O)c1C(C)(C)C. The number of hydrogen-bond donors (Lipinski definition) is 0. The van der Waals surface area contributed by atoms with Crippen molar-refractivity contribution in [1.82, 2.24) is 0 Å². The standard InChI is InChI=1S/C12H18O2S/c1-9-7-6-8-10(15(5,13)14)11(9)12(2,3)4/h6-8H,1-5H3. The molecule has 1 aromatic carbocycles. The van der Waals surface area contributed by atoms with Crippen molar-refractivity contribution in [3.05, 3.63) is 29.3 Å². The Hall–Kier alpha value is -0.830. The summed E-state index contributed by atoms with van der Waals surface area (Å²) in [5.74, 6) is 0. The van der Waals surface area contributed by atoms with Crippen molar-refractivity contribution in [1.29, 1.82) is 0 Å². The highest BCUT2D eigenvalue weighted by atomic mass is 32.2. The predicted molar refractivity (Wildman–Crippen MR) is 63.0 cm³/mol. The average Bonchev–Trinajstić information content (AvgIpc) is 1.99. The maximum atomic E-state index is 11.7. The van der Waals surface area contributed by atoms with E-state index in [1.165, 1.54) is 6.26 Å². The predicted octanol–water partition coefficient (Wildman–Crippen LogP) is 2.70. The zero-order chi connectivity index (χ0) is 11.9. The lowest BCUT2D eigenvalue weighted by Crippen LogP contribution is -2.18. The summed E-state index contributed by atoms with van der Waals surface area (Å²) in [6.07, 6.45) is 1.26. The van der Waals surface area contributed by atoms with E-state index in [4.69, 9.17) is 0 Å². The van der Waals surface area contributed by atoms with Crippen molar-refractivity contribution in [3.63, 3.8) is 0 Å². The Kier molecular flexibility index (Phi) is 2.97. The van der Waals surface area contributed by atoms with Gasteiger partial charge in [-0.15, -0.1) is 0 Å². The second-order valence-electron chi connectivity index (χ2n) is 4.97. The Balaban J connectivity index is 3.63. The van der Waals surface area contributed by atoms with Crippen molar-refractivity contribution < 1.29 is 8.42 Å². The molecule has 0 N–H and O–H groups in total. The van der Waals surface area contributed by atoms with Gasteiger partial charge in [0, 0.05) is 6.26 Å². The van der Waals surface area contributed by atoms with Crippen LogP contribution in [-0.4, -0.2) is 14.7 Å². The molecule has 84 valence electrons. The van der Waals surface area contributed by atoms with E-state index in [0.717, 1.165) is 11.1 Å². The molecule has 0 radical (unpaired) electrons. The molecule has 0 bridgehead atoms. The van der Waals surface area contributed by atoms with Gasteiger partial charge in [0.2, 0.25) is 0 Å². The Morgan fingerprint density at radius 2 is 1.67 bits per heavy atom. The molecule has 0 saturated carbocycles. The van der Waals surface area contributed by atoms with Crippen LogP contribution in [0.4, 0.5) is 0 Å². The van der Waals surface area contributed by atoms with Gasteiger partial charge >= 0.3 is 0 Å². The van der Waals surface area contributed by atoms with E-state index in [1.54, 1.807) is 12.1 Å². The van der Waals surface area contributed by atoms with Gasteiger partial charge in [-0.3, -0.25) is 0 Å². The molecular formula is C12H18O2S. The van der Waals surface area contributed by atoms with Crippen molar-refractivity contribution in [2.24, 2.45) is 0 Å². The summed E-state index contributed by atoms with van der Waals surface area (Å²) in [5, 5.41) is 0. The van der Waals surface area contributed by atoms with E-state index in [2.05, 4.69) is 0 Å². The molecule has 15 heavy (non-hydrogen) atoms. The minimum Gasteiger partial charge on any atom is -0.224 e. The van der Waals surface area contributed by atoms with Crippen LogP contribution in [0.3, 0.4) is 0 Å². The Morgan fingerprint density at radius 3 is 2.00 bits per heavy atom. The molecule has 0 amide bonds. The molecule has 1 rings (SSSR count). The molecule has 0 aliphatic rings. The molecule has 0 heterocycles. The first-order valence-electron chi connectivity index (χ1n) is 4.94. The number of aryl methyl sites for hydroxylation is 1. The third kappa shape index (κ3) is 2.59. The molecule has 0 fully saturated rings. The Morgan fingerprint density at radius 1 is 1.13 bits per heavy atom. The van der Waals surface area contributed by atoms with E-state index in [-0.39, 0.29) is 5.41 Å². The second kappa shape index (κ2) is 3.63. The fourth-order valence-corrected chi connectivity index (χ4v) is 3.07. The largest absolute Gasteiger partial charge is 0.224 e. The number of hydrogen-bond acceptors (Lipinski definition) is 2. The zero-order valence-corrected chi connectivity index (χ0v) is 10.8. The zero-order valence-electron chi connectivity index (χ0n) is 9.96. The van der Waals surface area contributed by atoms with Crippen molar-refractivity contribution >= 4 is 9.84 Å². The summed E-state index contributed by atoms with van der Waals surface area (Å²) >= 11 is 0. The lowest BCUT2D eigenvalue weighted by Gasteiger charge is -2.24. The van der Waals surface area contributed by atoms with E-state index in [9.17, 15) is 8.42 Å². The summed E-state index contributed by atoms with van der Waals surface area (Å²) in [6.45, 7) is 8.05. The van der Waals surface area contributed by atoms with Crippen LogP contribution in [-0.2, 0) is 15.3 Å². The van der Waals surface area contributed by atoms with Gasteiger partial charge in [-0.05, 0) is 29.5 Å². The first kappa shape index (κ1) is 12.2. The third-order valence-electron chi connectivity index (χ3n) is 2.38. The molecule has 0 aliphatic carbocycles. The lowest BCUT2D eigenvalue weighted by molar-refractivity contribution is 0.560. The molecular weight excluding hydrogens is 208 g/mol. The van der Waals surface area contributed by atoms with Crippen LogP contribution in [0.15, 0.2) is 23.1 Å². The van der Waals surface area contributed by atoms with Crippen LogP contribution in [0.25, 0.3) is 0 Å². The quantitative estimate of drug-likeness (QED) is 0.738. The summed E-state index contributed by atoms with van der Waals surface area (Å²) < 4.78 is 23.3. The van der Waals surface area contributed by atoms with E-state index in [1.807, 2.05) is 33.8 Å². The van der Waals surface area contributed by atoms with Gasteiger partial charge in [0.05, 0.1) is 4.90 Å².